The minimum Gasteiger partial charge on any atom is -0.318 e. The van der Waals surface area contributed by atoms with Crippen LogP contribution in [0.2, 0.25) is 0 Å². The smallest absolute Gasteiger partial charge is 0.192 e. The largest absolute Gasteiger partial charge is 0.318 e. The van der Waals surface area contributed by atoms with Crippen molar-refractivity contribution in [3.05, 3.63) is 70.5 Å². The first-order valence-electron chi connectivity index (χ1n) is 6.64. The molecule has 0 spiro atoms. The van der Waals surface area contributed by atoms with Crippen LogP contribution in [0.3, 0.4) is 0 Å². The van der Waals surface area contributed by atoms with Crippen LogP contribution in [0.25, 0.3) is 11.1 Å². The fourth-order valence-electron chi connectivity index (χ4n) is 2.32. The molecule has 2 N–H and O–H groups in total. The molecule has 0 saturated carbocycles. The molecule has 0 saturated heterocycles. The molecular weight excluding hydrogens is 285 g/mol. The van der Waals surface area contributed by atoms with E-state index < -0.39 is 0 Å². The predicted molar refractivity (Wildman–Crippen MR) is 83.1 cm³/mol. The van der Waals surface area contributed by atoms with E-state index in [9.17, 15) is 4.39 Å². The van der Waals surface area contributed by atoms with Crippen LogP contribution in [-0.2, 0) is 0 Å². The molecule has 1 atom stereocenters. The minimum absolute atomic E-state index is 0.192. The number of hydrogen-bond donors (Lipinski definition) is 2. The first kappa shape index (κ1) is 13.7. The lowest BCUT2D eigenvalue weighted by atomic mass is 9.96. The third kappa shape index (κ3) is 2.78. The monoisotopic (exact) mass is 299 g/mol. The van der Waals surface area contributed by atoms with Gasteiger partial charge in [0.05, 0.1) is 0 Å². The second kappa shape index (κ2) is 5.61. The molecule has 0 aliphatic heterocycles. The Labute approximate surface area is 126 Å². The summed E-state index contributed by atoms with van der Waals surface area (Å²) in [6, 6.07) is 15.0. The van der Waals surface area contributed by atoms with Crippen molar-refractivity contribution in [2.24, 2.45) is 0 Å². The van der Waals surface area contributed by atoms with E-state index in [1.54, 1.807) is 12.1 Å². The Kier molecular flexibility index (Phi) is 3.66. The van der Waals surface area contributed by atoms with Gasteiger partial charge in [0.1, 0.15) is 11.6 Å². The summed E-state index contributed by atoms with van der Waals surface area (Å²) < 4.78 is 14.8. The maximum atomic E-state index is 14.4. The summed E-state index contributed by atoms with van der Waals surface area (Å²) in [5, 5.41) is 6.73. The van der Waals surface area contributed by atoms with E-state index in [0.717, 1.165) is 11.1 Å². The molecule has 3 rings (SSSR count). The topological polar surface area (TPSA) is 44.5 Å². The summed E-state index contributed by atoms with van der Waals surface area (Å²) in [5.41, 5.74) is 2.45. The summed E-state index contributed by atoms with van der Waals surface area (Å²) in [6.07, 6.45) is 0. The number of aromatic nitrogens is 3. The van der Waals surface area contributed by atoms with Gasteiger partial charge in [0.2, 0.25) is 0 Å². The molecular formula is C16H14FN3S. The van der Waals surface area contributed by atoms with Crippen LogP contribution in [0.5, 0.6) is 0 Å². The molecule has 3 nitrogen and oxygen atoms in total. The molecule has 0 aliphatic rings. The van der Waals surface area contributed by atoms with Gasteiger partial charge >= 0.3 is 0 Å². The van der Waals surface area contributed by atoms with Gasteiger partial charge in [0.25, 0.3) is 0 Å². The van der Waals surface area contributed by atoms with Crippen LogP contribution in [-0.4, -0.2) is 15.2 Å². The van der Waals surface area contributed by atoms with Crippen LogP contribution in [0, 0.1) is 10.6 Å². The van der Waals surface area contributed by atoms with E-state index in [-0.39, 0.29) is 11.7 Å². The Bertz CT molecular complexity index is 808. The molecule has 1 aromatic heterocycles. The normalized spacial score (nSPS) is 12.3. The molecule has 0 aliphatic carbocycles. The van der Waals surface area contributed by atoms with Gasteiger partial charge in [-0.3, -0.25) is 5.10 Å². The number of rotatable bonds is 3. The van der Waals surface area contributed by atoms with Crippen LogP contribution in [0.4, 0.5) is 4.39 Å². The van der Waals surface area contributed by atoms with Crippen molar-refractivity contribution in [3.63, 3.8) is 0 Å². The van der Waals surface area contributed by atoms with Gasteiger partial charge in [-0.1, -0.05) is 49.4 Å². The standard InChI is InChI=1S/C16H14FN3S/c1-10(15-18-16(21)20-19-15)13-8-7-12(9-14(13)17)11-5-3-2-4-6-11/h2-10H,1H3,(H2,18,19,20,21). The lowest BCUT2D eigenvalue weighted by Crippen LogP contribution is -2.02. The highest BCUT2D eigenvalue weighted by molar-refractivity contribution is 7.71. The third-order valence-corrected chi connectivity index (χ3v) is 3.70. The fourth-order valence-corrected chi connectivity index (χ4v) is 2.47. The molecule has 0 radical (unpaired) electrons. The molecule has 0 bridgehead atoms. The van der Waals surface area contributed by atoms with Gasteiger partial charge in [-0.2, -0.15) is 5.10 Å². The number of benzene rings is 2. The Hall–Kier alpha value is -2.27. The van der Waals surface area contributed by atoms with Crippen LogP contribution < -0.4 is 0 Å². The van der Waals surface area contributed by atoms with Gasteiger partial charge in [-0.25, -0.2) is 4.39 Å². The van der Waals surface area contributed by atoms with Crippen molar-refractivity contribution in [2.45, 2.75) is 12.8 Å². The zero-order valence-electron chi connectivity index (χ0n) is 11.4. The SMILES string of the molecule is CC(c1n[nH]c(=S)[nH]1)c1ccc(-c2ccccc2)cc1F. The van der Waals surface area contributed by atoms with Gasteiger partial charge in [-0.05, 0) is 35.0 Å². The Balaban J connectivity index is 1.97. The number of nitrogens with one attached hydrogen (secondary N) is 2. The highest BCUT2D eigenvalue weighted by Crippen LogP contribution is 2.28. The molecule has 2 aromatic carbocycles. The van der Waals surface area contributed by atoms with Crippen molar-refractivity contribution < 1.29 is 4.39 Å². The van der Waals surface area contributed by atoms with Crippen molar-refractivity contribution in [1.82, 2.24) is 15.2 Å². The molecule has 0 amide bonds. The molecule has 0 fully saturated rings. The number of halogens is 1. The maximum Gasteiger partial charge on any atom is 0.192 e. The molecule has 106 valence electrons. The number of nitrogens with zero attached hydrogens (tertiary/aromatic N) is 1. The molecule has 3 aromatic rings. The molecule has 1 unspecified atom stereocenters. The highest BCUT2D eigenvalue weighted by Gasteiger charge is 2.16. The van der Waals surface area contributed by atoms with E-state index in [0.29, 0.717) is 16.2 Å². The van der Waals surface area contributed by atoms with E-state index in [1.807, 2.05) is 43.3 Å². The first-order chi connectivity index (χ1) is 10.1. The van der Waals surface area contributed by atoms with Crippen LogP contribution in [0.15, 0.2) is 48.5 Å². The fraction of sp³-hybridized carbons (Fsp3) is 0.125. The lowest BCUT2D eigenvalue weighted by molar-refractivity contribution is 0.599. The lowest BCUT2D eigenvalue weighted by Gasteiger charge is -2.11. The average Bonchev–Trinajstić information content (AvgIpc) is 2.94. The van der Waals surface area contributed by atoms with E-state index in [2.05, 4.69) is 15.2 Å². The summed E-state index contributed by atoms with van der Waals surface area (Å²) >= 11 is 4.95. The minimum atomic E-state index is -0.244. The Morgan fingerprint density at radius 3 is 2.48 bits per heavy atom. The number of hydrogen-bond acceptors (Lipinski definition) is 2. The highest BCUT2D eigenvalue weighted by atomic mass is 32.1. The maximum absolute atomic E-state index is 14.4. The van der Waals surface area contributed by atoms with Crippen molar-refractivity contribution >= 4 is 12.2 Å². The van der Waals surface area contributed by atoms with Gasteiger partial charge < -0.3 is 4.98 Å². The zero-order chi connectivity index (χ0) is 14.8. The quantitative estimate of drug-likeness (QED) is 0.703. The van der Waals surface area contributed by atoms with E-state index in [4.69, 9.17) is 12.2 Å². The zero-order valence-corrected chi connectivity index (χ0v) is 12.2. The second-order valence-electron chi connectivity index (χ2n) is 4.89. The van der Waals surface area contributed by atoms with Crippen LogP contribution >= 0.6 is 12.2 Å². The molecule has 1 heterocycles. The van der Waals surface area contributed by atoms with Crippen LogP contribution in [0.1, 0.15) is 24.2 Å². The van der Waals surface area contributed by atoms with Crippen molar-refractivity contribution in [3.8, 4) is 11.1 Å². The summed E-state index contributed by atoms with van der Waals surface area (Å²) in [5.74, 6) is 0.195. The van der Waals surface area contributed by atoms with Gasteiger partial charge in [0, 0.05) is 5.92 Å². The predicted octanol–water partition coefficient (Wildman–Crippen LogP) is 4.43. The summed E-state index contributed by atoms with van der Waals surface area (Å²) in [7, 11) is 0. The first-order valence-corrected chi connectivity index (χ1v) is 7.05. The Morgan fingerprint density at radius 1 is 1.10 bits per heavy atom. The number of aromatic amines is 2. The average molecular weight is 299 g/mol. The van der Waals surface area contributed by atoms with Gasteiger partial charge in [0.15, 0.2) is 4.77 Å². The summed E-state index contributed by atoms with van der Waals surface area (Å²) in [6.45, 7) is 1.89. The Morgan fingerprint density at radius 2 is 1.86 bits per heavy atom. The third-order valence-electron chi connectivity index (χ3n) is 3.50. The van der Waals surface area contributed by atoms with Gasteiger partial charge in [-0.15, -0.1) is 0 Å². The van der Waals surface area contributed by atoms with E-state index >= 15 is 0 Å². The summed E-state index contributed by atoms with van der Waals surface area (Å²) in [4.78, 5) is 2.93. The van der Waals surface area contributed by atoms with E-state index in [1.165, 1.54) is 0 Å². The molecule has 21 heavy (non-hydrogen) atoms. The van der Waals surface area contributed by atoms with Crippen molar-refractivity contribution in [1.29, 1.82) is 0 Å². The van der Waals surface area contributed by atoms with Crippen molar-refractivity contribution in [2.75, 3.05) is 0 Å². The number of H-pyrrole nitrogens is 2. The molecule has 5 heteroatoms. The second-order valence-corrected chi connectivity index (χ2v) is 5.30.